The van der Waals surface area contributed by atoms with Crippen molar-refractivity contribution in [2.75, 3.05) is 19.8 Å². The number of carbonyl (C=O) groups is 2. The SMILES string of the molecule is C[C@H](NC(=O)c1cc(OC(F)(F)F)cc(C2CC2)c1)c1ncnn1-c1ccc(C(=O)N2CCOC[C@@H]2C)cn1. The third-order valence-corrected chi connectivity index (χ3v) is 6.62. The summed E-state index contributed by atoms with van der Waals surface area (Å²) in [6.07, 6.45) is -0.414. The highest BCUT2D eigenvalue weighted by atomic mass is 19.4. The van der Waals surface area contributed by atoms with Crippen LogP contribution in [0.5, 0.6) is 5.75 Å². The number of halogens is 3. The minimum atomic E-state index is -4.87. The predicted octanol–water partition coefficient (Wildman–Crippen LogP) is 3.79. The summed E-state index contributed by atoms with van der Waals surface area (Å²) in [4.78, 5) is 36.3. The molecule has 10 nitrogen and oxygen atoms in total. The molecule has 0 radical (unpaired) electrons. The van der Waals surface area contributed by atoms with Gasteiger partial charge in [-0.1, -0.05) is 0 Å². The number of morpholine rings is 1. The average molecular weight is 545 g/mol. The van der Waals surface area contributed by atoms with Crippen LogP contribution in [0.15, 0.2) is 42.9 Å². The van der Waals surface area contributed by atoms with Crippen LogP contribution in [-0.4, -0.2) is 68.6 Å². The van der Waals surface area contributed by atoms with Crippen molar-refractivity contribution in [1.29, 1.82) is 0 Å². The van der Waals surface area contributed by atoms with E-state index in [9.17, 15) is 22.8 Å². The molecule has 2 amide bonds. The minimum Gasteiger partial charge on any atom is -0.406 e. The molecule has 1 aliphatic heterocycles. The van der Waals surface area contributed by atoms with Gasteiger partial charge in [-0.15, -0.1) is 13.2 Å². The highest BCUT2D eigenvalue weighted by Gasteiger charge is 2.33. The highest BCUT2D eigenvalue weighted by molar-refractivity contribution is 5.95. The van der Waals surface area contributed by atoms with Gasteiger partial charge in [-0.3, -0.25) is 9.59 Å². The van der Waals surface area contributed by atoms with E-state index in [1.165, 1.54) is 23.3 Å². The van der Waals surface area contributed by atoms with Crippen molar-refractivity contribution in [2.45, 2.75) is 51.1 Å². The topological polar surface area (TPSA) is 111 Å². The summed E-state index contributed by atoms with van der Waals surface area (Å²) in [7, 11) is 0. The summed E-state index contributed by atoms with van der Waals surface area (Å²) in [5.41, 5.74) is 1.10. The van der Waals surface area contributed by atoms with E-state index < -0.39 is 24.1 Å². The van der Waals surface area contributed by atoms with Crippen LogP contribution in [-0.2, 0) is 4.74 Å². The lowest BCUT2D eigenvalue weighted by atomic mass is 10.1. The molecule has 1 saturated carbocycles. The molecular formula is C26H27F3N6O4. The molecule has 1 aliphatic carbocycles. The van der Waals surface area contributed by atoms with Gasteiger partial charge in [0.2, 0.25) is 0 Å². The number of nitrogens with zero attached hydrogens (tertiary/aromatic N) is 5. The van der Waals surface area contributed by atoms with Crippen molar-refractivity contribution in [1.82, 2.24) is 30.0 Å². The van der Waals surface area contributed by atoms with Gasteiger partial charge >= 0.3 is 6.36 Å². The van der Waals surface area contributed by atoms with Crippen molar-refractivity contribution < 1.29 is 32.2 Å². The first-order valence-electron chi connectivity index (χ1n) is 12.6. The van der Waals surface area contributed by atoms with Crippen molar-refractivity contribution >= 4 is 11.8 Å². The first-order valence-corrected chi connectivity index (χ1v) is 12.6. The fourth-order valence-electron chi connectivity index (χ4n) is 4.50. The monoisotopic (exact) mass is 544 g/mol. The molecular weight excluding hydrogens is 517 g/mol. The van der Waals surface area contributed by atoms with Crippen molar-refractivity contribution in [3.63, 3.8) is 0 Å². The van der Waals surface area contributed by atoms with Crippen LogP contribution in [0, 0.1) is 0 Å². The average Bonchev–Trinajstić information content (AvgIpc) is 3.63. The fraction of sp³-hybridized carbons (Fsp3) is 0.423. The number of rotatable bonds is 7. The van der Waals surface area contributed by atoms with Crippen LogP contribution >= 0.6 is 0 Å². The second-order valence-corrected chi connectivity index (χ2v) is 9.67. The molecule has 13 heteroatoms. The predicted molar refractivity (Wildman–Crippen MR) is 131 cm³/mol. The first kappa shape index (κ1) is 26.6. The molecule has 2 aromatic heterocycles. The number of alkyl halides is 3. The number of carbonyl (C=O) groups excluding carboxylic acids is 2. The van der Waals surface area contributed by atoms with Gasteiger partial charge in [0.25, 0.3) is 11.8 Å². The van der Waals surface area contributed by atoms with E-state index in [2.05, 4.69) is 25.1 Å². The number of ether oxygens (including phenoxy) is 2. The quantitative estimate of drug-likeness (QED) is 0.482. The molecule has 0 bridgehead atoms. The number of hydrogen-bond donors (Lipinski definition) is 1. The van der Waals surface area contributed by atoms with E-state index >= 15 is 0 Å². The number of aromatic nitrogens is 4. The van der Waals surface area contributed by atoms with Crippen molar-refractivity contribution in [3.05, 3.63) is 65.4 Å². The lowest BCUT2D eigenvalue weighted by Gasteiger charge is -2.33. The van der Waals surface area contributed by atoms with E-state index in [4.69, 9.17) is 4.74 Å². The van der Waals surface area contributed by atoms with Crippen LogP contribution in [0.1, 0.15) is 70.8 Å². The molecule has 39 heavy (non-hydrogen) atoms. The number of pyridine rings is 1. The second-order valence-electron chi connectivity index (χ2n) is 9.67. The number of nitrogens with one attached hydrogen (secondary N) is 1. The van der Waals surface area contributed by atoms with Gasteiger partial charge in [0.05, 0.1) is 30.9 Å². The van der Waals surface area contributed by atoms with Gasteiger partial charge in [0.15, 0.2) is 11.6 Å². The maximum Gasteiger partial charge on any atom is 0.573 e. The van der Waals surface area contributed by atoms with Crippen LogP contribution in [0.25, 0.3) is 5.82 Å². The Morgan fingerprint density at radius 1 is 1.15 bits per heavy atom. The Labute approximate surface area is 222 Å². The molecule has 2 atom stereocenters. The van der Waals surface area contributed by atoms with Crippen LogP contribution in [0.3, 0.4) is 0 Å². The van der Waals surface area contributed by atoms with Gasteiger partial charge in [0, 0.05) is 18.3 Å². The van der Waals surface area contributed by atoms with Gasteiger partial charge in [-0.2, -0.15) is 9.78 Å². The second kappa shape index (κ2) is 10.6. The molecule has 1 N–H and O–H groups in total. The summed E-state index contributed by atoms with van der Waals surface area (Å²) in [6.45, 7) is 5.05. The zero-order chi connectivity index (χ0) is 27.7. The van der Waals surface area contributed by atoms with Crippen LogP contribution in [0.2, 0.25) is 0 Å². The molecule has 1 aromatic carbocycles. The third-order valence-electron chi connectivity index (χ3n) is 6.62. The van der Waals surface area contributed by atoms with E-state index in [1.807, 2.05) is 6.92 Å². The van der Waals surface area contributed by atoms with Crippen molar-refractivity contribution in [3.8, 4) is 11.6 Å². The Morgan fingerprint density at radius 2 is 1.95 bits per heavy atom. The van der Waals surface area contributed by atoms with Crippen LogP contribution in [0.4, 0.5) is 13.2 Å². The Bertz CT molecular complexity index is 1360. The molecule has 5 rings (SSSR count). The molecule has 2 aliphatic rings. The van der Waals surface area contributed by atoms with Crippen molar-refractivity contribution in [2.24, 2.45) is 0 Å². The Hall–Kier alpha value is -4.00. The molecule has 3 aromatic rings. The Kier molecular flexibility index (Phi) is 7.25. The van der Waals surface area contributed by atoms with Gasteiger partial charge < -0.3 is 19.7 Å². The van der Waals surface area contributed by atoms with Gasteiger partial charge in [-0.25, -0.2) is 9.97 Å². The van der Waals surface area contributed by atoms with E-state index in [0.29, 0.717) is 42.5 Å². The summed E-state index contributed by atoms with van der Waals surface area (Å²) < 4.78 is 49.4. The van der Waals surface area contributed by atoms with E-state index in [-0.39, 0.29) is 23.4 Å². The normalized spacial score (nSPS) is 18.5. The van der Waals surface area contributed by atoms with Crippen LogP contribution < -0.4 is 10.1 Å². The summed E-state index contributed by atoms with van der Waals surface area (Å²) in [6, 6.07) is 6.53. The Morgan fingerprint density at radius 3 is 2.62 bits per heavy atom. The van der Waals surface area contributed by atoms with Gasteiger partial charge in [0.1, 0.15) is 12.1 Å². The summed E-state index contributed by atoms with van der Waals surface area (Å²) in [5, 5.41) is 6.96. The standard InChI is InChI=1S/C26H27F3N6O4/c1-15-13-38-8-7-34(15)25(37)18-5-6-22(30-12-18)35-23(31-14-32-35)16(2)33-24(36)20-9-19(17-3-4-17)10-21(11-20)39-26(27,28)29/h5-6,9-12,14-17H,3-4,7-8,13H2,1-2H3,(H,33,36)/t15-,16-/m0/s1. The molecule has 2 fully saturated rings. The lowest BCUT2D eigenvalue weighted by Crippen LogP contribution is -2.47. The molecule has 0 unspecified atom stereocenters. The first-order chi connectivity index (χ1) is 18.6. The molecule has 1 saturated heterocycles. The fourth-order valence-corrected chi connectivity index (χ4v) is 4.50. The highest BCUT2D eigenvalue weighted by Crippen LogP contribution is 2.42. The molecule has 0 spiro atoms. The smallest absolute Gasteiger partial charge is 0.406 e. The zero-order valence-corrected chi connectivity index (χ0v) is 21.3. The number of amides is 2. The molecule has 206 valence electrons. The number of hydrogen-bond acceptors (Lipinski definition) is 7. The summed E-state index contributed by atoms with van der Waals surface area (Å²) >= 11 is 0. The maximum atomic E-state index is 13.0. The van der Waals surface area contributed by atoms with E-state index in [1.54, 1.807) is 30.0 Å². The van der Waals surface area contributed by atoms with Gasteiger partial charge in [-0.05, 0) is 68.5 Å². The largest absolute Gasteiger partial charge is 0.573 e. The minimum absolute atomic E-state index is 0.0432. The zero-order valence-electron chi connectivity index (χ0n) is 21.3. The molecule has 3 heterocycles. The maximum absolute atomic E-state index is 13.0. The van der Waals surface area contributed by atoms with E-state index in [0.717, 1.165) is 18.9 Å². The Balaban J connectivity index is 1.31. The summed E-state index contributed by atoms with van der Waals surface area (Å²) in [5.74, 6) is -0.320. The number of benzene rings is 1. The lowest BCUT2D eigenvalue weighted by molar-refractivity contribution is -0.274. The third kappa shape index (κ3) is 6.19.